The van der Waals surface area contributed by atoms with Crippen molar-refractivity contribution in [1.82, 2.24) is 0 Å². The standard InChI is InChI=1S/C10H13ClN2O/c1-7-6-10(14-3)13-8(2)9(11)4-5-12-7/h4-6,8H,1-3H3/b7-6?,9-4+,12-5?,13-10?. The van der Waals surface area contributed by atoms with Crippen LogP contribution in [0.2, 0.25) is 0 Å². The summed E-state index contributed by atoms with van der Waals surface area (Å²) >= 11 is 5.97. The first-order valence-corrected chi connectivity index (χ1v) is 4.71. The van der Waals surface area contributed by atoms with Gasteiger partial charge in [-0.1, -0.05) is 11.6 Å². The highest BCUT2D eigenvalue weighted by atomic mass is 35.5. The predicted octanol–water partition coefficient (Wildman–Crippen LogP) is 2.53. The van der Waals surface area contributed by atoms with Gasteiger partial charge in [0.15, 0.2) is 0 Å². The number of hydrogen-bond acceptors (Lipinski definition) is 3. The van der Waals surface area contributed by atoms with Crippen LogP contribution >= 0.6 is 11.6 Å². The summed E-state index contributed by atoms with van der Waals surface area (Å²) in [5.74, 6) is 0.542. The van der Waals surface area contributed by atoms with E-state index in [4.69, 9.17) is 16.3 Å². The van der Waals surface area contributed by atoms with E-state index in [-0.39, 0.29) is 6.04 Å². The Balaban J connectivity index is 3.07. The van der Waals surface area contributed by atoms with E-state index in [0.717, 1.165) is 5.70 Å². The molecule has 76 valence electrons. The molecule has 0 saturated heterocycles. The molecular formula is C10H13ClN2O. The van der Waals surface area contributed by atoms with Gasteiger partial charge in [0, 0.05) is 23.0 Å². The zero-order valence-corrected chi connectivity index (χ0v) is 9.25. The third-order valence-electron chi connectivity index (χ3n) is 1.77. The molecule has 1 unspecified atom stereocenters. The van der Waals surface area contributed by atoms with E-state index < -0.39 is 0 Å². The summed E-state index contributed by atoms with van der Waals surface area (Å²) in [4.78, 5) is 8.42. The van der Waals surface area contributed by atoms with Crippen LogP contribution in [0.25, 0.3) is 0 Å². The molecular weight excluding hydrogens is 200 g/mol. The maximum absolute atomic E-state index is 5.97. The van der Waals surface area contributed by atoms with Gasteiger partial charge in [0.25, 0.3) is 0 Å². The van der Waals surface area contributed by atoms with E-state index in [1.54, 1.807) is 25.5 Å². The molecule has 3 nitrogen and oxygen atoms in total. The molecule has 0 aromatic heterocycles. The molecule has 1 aliphatic heterocycles. The molecule has 14 heavy (non-hydrogen) atoms. The van der Waals surface area contributed by atoms with Crippen molar-refractivity contribution in [2.45, 2.75) is 19.9 Å². The summed E-state index contributed by atoms with van der Waals surface area (Å²) in [5.41, 5.74) is 0.834. The Morgan fingerprint density at radius 2 is 2.21 bits per heavy atom. The minimum absolute atomic E-state index is 0.0970. The van der Waals surface area contributed by atoms with Crippen LogP contribution in [0.15, 0.2) is 32.9 Å². The average molecular weight is 213 g/mol. The van der Waals surface area contributed by atoms with Gasteiger partial charge in [-0.3, -0.25) is 4.99 Å². The Bertz CT molecular complexity index is 329. The van der Waals surface area contributed by atoms with Crippen LogP contribution < -0.4 is 0 Å². The molecule has 0 saturated carbocycles. The first kappa shape index (κ1) is 11.0. The summed E-state index contributed by atoms with van der Waals surface area (Å²) in [5, 5.41) is 0.645. The fourth-order valence-electron chi connectivity index (χ4n) is 0.983. The Hall–Kier alpha value is -1.09. The second-order valence-corrected chi connectivity index (χ2v) is 3.40. The lowest BCUT2D eigenvalue weighted by Crippen LogP contribution is -2.05. The van der Waals surface area contributed by atoms with Gasteiger partial charge in [-0.2, -0.15) is 0 Å². The molecule has 1 atom stereocenters. The molecule has 1 heterocycles. The smallest absolute Gasteiger partial charge is 0.210 e. The van der Waals surface area contributed by atoms with Crippen molar-refractivity contribution in [3.05, 3.63) is 22.9 Å². The number of methoxy groups -OCH3 is 1. The maximum atomic E-state index is 5.97. The van der Waals surface area contributed by atoms with Crippen molar-refractivity contribution in [2.75, 3.05) is 7.11 Å². The van der Waals surface area contributed by atoms with Crippen molar-refractivity contribution >= 4 is 23.7 Å². The highest BCUT2D eigenvalue weighted by Crippen LogP contribution is 2.13. The van der Waals surface area contributed by atoms with Gasteiger partial charge in [0.2, 0.25) is 5.90 Å². The van der Waals surface area contributed by atoms with Gasteiger partial charge < -0.3 is 4.74 Å². The van der Waals surface area contributed by atoms with Gasteiger partial charge in [-0.05, 0) is 19.9 Å². The summed E-state index contributed by atoms with van der Waals surface area (Å²) in [6, 6.07) is -0.0970. The van der Waals surface area contributed by atoms with Crippen molar-refractivity contribution < 1.29 is 4.74 Å². The second kappa shape index (κ2) is 4.96. The number of nitrogens with zero attached hydrogens (tertiary/aromatic N) is 2. The van der Waals surface area contributed by atoms with Gasteiger partial charge in [-0.25, -0.2) is 4.99 Å². The molecule has 0 radical (unpaired) electrons. The Morgan fingerprint density at radius 3 is 2.86 bits per heavy atom. The molecule has 0 bridgehead atoms. The van der Waals surface area contributed by atoms with E-state index >= 15 is 0 Å². The van der Waals surface area contributed by atoms with Crippen molar-refractivity contribution in [3.8, 4) is 0 Å². The van der Waals surface area contributed by atoms with Crippen LogP contribution in [0.5, 0.6) is 0 Å². The summed E-state index contributed by atoms with van der Waals surface area (Å²) in [7, 11) is 1.58. The van der Waals surface area contributed by atoms with Crippen molar-refractivity contribution in [3.63, 3.8) is 0 Å². The Kier molecular flexibility index (Phi) is 3.89. The van der Waals surface area contributed by atoms with E-state index in [1.165, 1.54) is 0 Å². The third kappa shape index (κ3) is 3.00. The molecule has 4 heteroatoms. The van der Waals surface area contributed by atoms with Gasteiger partial charge in [-0.15, -0.1) is 0 Å². The van der Waals surface area contributed by atoms with Gasteiger partial charge in [0.05, 0.1) is 13.2 Å². The molecule has 0 spiro atoms. The first-order valence-electron chi connectivity index (χ1n) is 4.33. The monoisotopic (exact) mass is 212 g/mol. The molecule has 1 rings (SSSR count). The number of allylic oxidation sites excluding steroid dienone is 2. The van der Waals surface area contributed by atoms with Crippen LogP contribution in [0, 0.1) is 0 Å². The minimum atomic E-state index is -0.0970. The zero-order chi connectivity index (χ0) is 10.6. The fraction of sp³-hybridized carbons (Fsp3) is 0.400. The summed E-state index contributed by atoms with van der Waals surface area (Å²) in [6.07, 6.45) is 5.18. The molecule has 0 aromatic carbocycles. The number of ether oxygens (including phenoxy) is 1. The van der Waals surface area contributed by atoms with Crippen molar-refractivity contribution in [2.24, 2.45) is 9.98 Å². The number of aliphatic imine (C=N–C) groups is 2. The van der Waals surface area contributed by atoms with Gasteiger partial charge in [0.1, 0.15) is 0 Å². The number of halogens is 1. The molecule has 0 amide bonds. The topological polar surface area (TPSA) is 34.0 Å². The van der Waals surface area contributed by atoms with Crippen LogP contribution in [-0.4, -0.2) is 25.3 Å². The molecule has 0 aliphatic carbocycles. The molecule has 0 N–H and O–H groups in total. The Morgan fingerprint density at radius 1 is 1.50 bits per heavy atom. The third-order valence-corrected chi connectivity index (χ3v) is 2.22. The molecule has 0 fully saturated rings. The fourth-order valence-corrected chi connectivity index (χ4v) is 1.09. The van der Waals surface area contributed by atoms with Crippen LogP contribution in [0.1, 0.15) is 13.8 Å². The molecule has 0 aromatic rings. The molecule has 1 aliphatic rings. The highest BCUT2D eigenvalue weighted by Gasteiger charge is 2.06. The van der Waals surface area contributed by atoms with Crippen LogP contribution in [-0.2, 0) is 4.74 Å². The minimum Gasteiger partial charge on any atom is -0.481 e. The lowest BCUT2D eigenvalue weighted by atomic mass is 10.3. The lowest BCUT2D eigenvalue weighted by Gasteiger charge is -2.05. The summed E-state index contributed by atoms with van der Waals surface area (Å²) in [6.45, 7) is 3.78. The van der Waals surface area contributed by atoms with E-state index in [0.29, 0.717) is 10.9 Å². The average Bonchev–Trinajstić information content (AvgIpc) is 2.20. The van der Waals surface area contributed by atoms with Gasteiger partial charge >= 0.3 is 0 Å². The SMILES string of the molecule is COC1=NC(C)/C(Cl)=C\C=NC(C)=C1. The van der Waals surface area contributed by atoms with Crippen LogP contribution in [0.3, 0.4) is 0 Å². The Labute approximate surface area is 88.8 Å². The lowest BCUT2D eigenvalue weighted by molar-refractivity contribution is 0.403. The quantitative estimate of drug-likeness (QED) is 0.608. The highest BCUT2D eigenvalue weighted by molar-refractivity contribution is 6.31. The van der Waals surface area contributed by atoms with Crippen molar-refractivity contribution in [1.29, 1.82) is 0 Å². The van der Waals surface area contributed by atoms with Crippen LogP contribution in [0.4, 0.5) is 0 Å². The maximum Gasteiger partial charge on any atom is 0.210 e. The zero-order valence-electron chi connectivity index (χ0n) is 8.49. The summed E-state index contributed by atoms with van der Waals surface area (Å²) < 4.78 is 5.09. The largest absolute Gasteiger partial charge is 0.481 e. The second-order valence-electron chi connectivity index (χ2n) is 2.96. The van der Waals surface area contributed by atoms with E-state index in [1.807, 2.05) is 13.8 Å². The number of hydrogen-bond donors (Lipinski definition) is 0. The van der Waals surface area contributed by atoms with E-state index in [2.05, 4.69) is 9.98 Å². The predicted molar refractivity (Wildman–Crippen MR) is 60.1 cm³/mol. The normalized spacial score (nSPS) is 26.3. The van der Waals surface area contributed by atoms with E-state index in [9.17, 15) is 0 Å². The first-order chi connectivity index (χ1) is 6.63. The number of rotatable bonds is 0.